The summed E-state index contributed by atoms with van der Waals surface area (Å²) in [5.41, 5.74) is 3.05. The summed E-state index contributed by atoms with van der Waals surface area (Å²) in [6.45, 7) is 2.10. The second-order valence-electron chi connectivity index (χ2n) is 6.51. The largest absolute Gasteiger partial charge is 0.383 e. The standard InChI is InChI=1S/C18H19N5O2/c1-25-11-14-4-16(8-20-14)22-10-13-2-3-15(5-17(13)18(22)24)23-9-12(6-19)7-21-23/h2-3,5,7,9,14,16,20H,4,8,10-11H2,1H3/t14-,16+/m0/s1. The van der Waals surface area contributed by atoms with E-state index in [9.17, 15) is 4.79 Å². The molecule has 0 spiro atoms. The predicted molar refractivity (Wildman–Crippen MR) is 90.2 cm³/mol. The van der Waals surface area contributed by atoms with Crippen LogP contribution in [0.3, 0.4) is 0 Å². The molecule has 2 aromatic rings. The summed E-state index contributed by atoms with van der Waals surface area (Å²) in [5.74, 6) is 0.0642. The van der Waals surface area contributed by atoms with E-state index < -0.39 is 0 Å². The summed E-state index contributed by atoms with van der Waals surface area (Å²) in [4.78, 5) is 14.8. The van der Waals surface area contributed by atoms with Crippen LogP contribution in [0.15, 0.2) is 30.6 Å². The molecule has 0 aliphatic carbocycles. The number of fused-ring (bicyclic) bond motifs is 1. The normalized spacial score (nSPS) is 22.2. The summed E-state index contributed by atoms with van der Waals surface area (Å²) in [6, 6.07) is 8.33. The minimum Gasteiger partial charge on any atom is -0.383 e. The van der Waals surface area contributed by atoms with Crippen LogP contribution in [-0.2, 0) is 11.3 Å². The fourth-order valence-electron chi connectivity index (χ4n) is 3.63. The van der Waals surface area contributed by atoms with Gasteiger partial charge in [0.05, 0.1) is 24.1 Å². The molecule has 2 aliphatic rings. The molecule has 2 aliphatic heterocycles. The molecule has 0 unspecified atom stereocenters. The third-order valence-electron chi connectivity index (χ3n) is 4.91. The van der Waals surface area contributed by atoms with Gasteiger partial charge in [0.2, 0.25) is 0 Å². The van der Waals surface area contributed by atoms with Crippen molar-refractivity contribution in [3.63, 3.8) is 0 Å². The first-order valence-corrected chi connectivity index (χ1v) is 8.31. The average Bonchev–Trinajstić information content (AvgIpc) is 3.34. The van der Waals surface area contributed by atoms with Gasteiger partial charge in [-0.3, -0.25) is 4.79 Å². The second-order valence-corrected chi connectivity index (χ2v) is 6.51. The van der Waals surface area contributed by atoms with Crippen molar-refractivity contribution in [3.05, 3.63) is 47.3 Å². The molecule has 7 nitrogen and oxygen atoms in total. The molecule has 128 valence electrons. The number of carbonyl (C=O) groups is 1. The Labute approximate surface area is 145 Å². The summed E-state index contributed by atoms with van der Waals surface area (Å²) < 4.78 is 6.83. The molecule has 1 amide bonds. The third-order valence-corrected chi connectivity index (χ3v) is 4.91. The highest BCUT2D eigenvalue weighted by Crippen LogP contribution is 2.29. The highest BCUT2D eigenvalue weighted by Gasteiger charge is 2.36. The van der Waals surface area contributed by atoms with Crippen molar-refractivity contribution < 1.29 is 9.53 Å². The van der Waals surface area contributed by atoms with Crippen molar-refractivity contribution in [3.8, 4) is 11.8 Å². The Morgan fingerprint density at radius 2 is 2.36 bits per heavy atom. The van der Waals surface area contributed by atoms with Crippen LogP contribution in [0.2, 0.25) is 0 Å². The van der Waals surface area contributed by atoms with Crippen LogP contribution in [0, 0.1) is 11.3 Å². The Kier molecular flexibility index (Phi) is 3.99. The van der Waals surface area contributed by atoms with E-state index in [0.29, 0.717) is 24.8 Å². The van der Waals surface area contributed by atoms with E-state index in [1.54, 1.807) is 18.0 Å². The molecule has 1 saturated heterocycles. The monoisotopic (exact) mass is 337 g/mol. The number of amides is 1. The number of carbonyl (C=O) groups excluding carboxylic acids is 1. The molecular weight excluding hydrogens is 318 g/mol. The van der Waals surface area contributed by atoms with Gasteiger partial charge in [0.1, 0.15) is 6.07 Å². The molecule has 3 heterocycles. The number of methoxy groups -OCH3 is 1. The maximum Gasteiger partial charge on any atom is 0.254 e. The number of hydrogen-bond donors (Lipinski definition) is 1. The zero-order valence-corrected chi connectivity index (χ0v) is 14.0. The minimum absolute atomic E-state index is 0.0642. The predicted octanol–water partition coefficient (Wildman–Crippen LogP) is 1.08. The maximum absolute atomic E-state index is 12.9. The number of nitrogens with one attached hydrogen (secondary N) is 1. The summed E-state index contributed by atoms with van der Waals surface area (Å²) in [6.07, 6.45) is 4.09. The van der Waals surface area contributed by atoms with E-state index in [4.69, 9.17) is 10.00 Å². The van der Waals surface area contributed by atoms with Gasteiger partial charge in [0, 0.05) is 44.0 Å². The number of benzene rings is 1. The fourth-order valence-corrected chi connectivity index (χ4v) is 3.63. The smallest absolute Gasteiger partial charge is 0.254 e. The zero-order valence-electron chi connectivity index (χ0n) is 14.0. The van der Waals surface area contributed by atoms with Crippen LogP contribution >= 0.6 is 0 Å². The number of ether oxygens (including phenoxy) is 1. The average molecular weight is 337 g/mol. The van der Waals surface area contributed by atoms with Gasteiger partial charge in [-0.25, -0.2) is 4.68 Å². The van der Waals surface area contributed by atoms with Crippen LogP contribution in [0.25, 0.3) is 5.69 Å². The summed E-state index contributed by atoms with van der Waals surface area (Å²) in [5, 5.41) is 16.5. The lowest BCUT2D eigenvalue weighted by Gasteiger charge is -2.23. The van der Waals surface area contributed by atoms with E-state index in [0.717, 1.165) is 29.8 Å². The molecule has 1 N–H and O–H groups in total. The van der Waals surface area contributed by atoms with Gasteiger partial charge in [0.15, 0.2) is 0 Å². The number of hydrogen-bond acceptors (Lipinski definition) is 5. The molecule has 0 radical (unpaired) electrons. The van der Waals surface area contributed by atoms with Crippen LogP contribution in [0.1, 0.15) is 27.9 Å². The van der Waals surface area contributed by atoms with Gasteiger partial charge in [-0.05, 0) is 24.1 Å². The number of aromatic nitrogens is 2. The Bertz CT molecular complexity index is 853. The van der Waals surface area contributed by atoms with E-state index >= 15 is 0 Å². The summed E-state index contributed by atoms with van der Waals surface area (Å²) >= 11 is 0. The molecule has 0 saturated carbocycles. The first kappa shape index (κ1) is 15.8. The SMILES string of the molecule is COC[C@@H]1C[C@@H](N2Cc3ccc(-n4cc(C#N)cn4)cc3C2=O)CN1. The molecule has 2 atom stereocenters. The highest BCUT2D eigenvalue weighted by atomic mass is 16.5. The molecule has 25 heavy (non-hydrogen) atoms. The molecule has 0 bridgehead atoms. The van der Waals surface area contributed by atoms with Crippen LogP contribution in [-0.4, -0.2) is 52.9 Å². The van der Waals surface area contributed by atoms with E-state index in [1.165, 1.54) is 6.20 Å². The molecule has 1 aromatic heterocycles. The number of nitrogens with zero attached hydrogens (tertiary/aromatic N) is 4. The summed E-state index contributed by atoms with van der Waals surface area (Å²) in [7, 11) is 1.69. The highest BCUT2D eigenvalue weighted by molar-refractivity contribution is 5.99. The van der Waals surface area contributed by atoms with Gasteiger partial charge in [-0.15, -0.1) is 0 Å². The zero-order chi connectivity index (χ0) is 17.4. The van der Waals surface area contributed by atoms with Crippen molar-refractivity contribution in [2.24, 2.45) is 0 Å². The van der Waals surface area contributed by atoms with Crippen molar-refractivity contribution in [2.75, 3.05) is 20.3 Å². The quantitative estimate of drug-likeness (QED) is 0.902. The van der Waals surface area contributed by atoms with Gasteiger partial charge in [0.25, 0.3) is 5.91 Å². The van der Waals surface area contributed by atoms with Crippen LogP contribution in [0.4, 0.5) is 0 Å². The molecular formula is C18H19N5O2. The number of nitriles is 1. The lowest BCUT2D eigenvalue weighted by Crippen LogP contribution is -2.36. The third kappa shape index (κ3) is 2.80. The van der Waals surface area contributed by atoms with Gasteiger partial charge in [-0.2, -0.15) is 10.4 Å². The molecule has 1 fully saturated rings. The van der Waals surface area contributed by atoms with Crippen molar-refractivity contribution in [1.29, 1.82) is 5.26 Å². The maximum atomic E-state index is 12.9. The topological polar surface area (TPSA) is 83.2 Å². The first-order valence-electron chi connectivity index (χ1n) is 8.31. The first-order chi connectivity index (χ1) is 12.2. The fraction of sp³-hybridized carbons (Fsp3) is 0.389. The van der Waals surface area contributed by atoms with Crippen LogP contribution in [0.5, 0.6) is 0 Å². The minimum atomic E-state index is 0.0642. The lowest BCUT2D eigenvalue weighted by atomic mass is 10.1. The van der Waals surface area contributed by atoms with Crippen molar-refractivity contribution in [2.45, 2.75) is 25.0 Å². The Morgan fingerprint density at radius 1 is 1.48 bits per heavy atom. The second kappa shape index (κ2) is 6.31. The van der Waals surface area contributed by atoms with E-state index in [-0.39, 0.29) is 11.9 Å². The molecule has 4 rings (SSSR count). The van der Waals surface area contributed by atoms with E-state index in [1.807, 2.05) is 23.1 Å². The molecule has 7 heteroatoms. The Morgan fingerprint density at radius 3 is 3.12 bits per heavy atom. The lowest BCUT2D eigenvalue weighted by molar-refractivity contribution is 0.0711. The van der Waals surface area contributed by atoms with Gasteiger partial charge >= 0.3 is 0 Å². The van der Waals surface area contributed by atoms with Gasteiger partial charge < -0.3 is 15.0 Å². The van der Waals surface area contributed by atoms with Crippen molar-refractivity contribution >= 4 is 5.91 Å². The van der Waals surface area contributed by atoms with Crippen molar-refractivity contribution in [1.82, 2.24) is 20.0 Å². The number of rotatable bonds is 4. The molecule has 1 aromatic carbocycles. The Balaban J connectivity index is 1.55. The Hall–Kier alpha value is -2.69. The van der Waals surface area contributed by atoms with E-state index in [2.05, 4.69) is 16.5 Å². The van der Waals surface area contributed by atoms with Crippen LogP contribution < -0.4 is 5.32 Å². The van der Waals surface area contributed by atoms with Gasteiger partial charge in [-0.1, -0.05) is 6.07 Å².